The van der Waals surface area contributed by atoms with Crippen molar-refractivity contribution in [3.63, 3.8) is 0 Å². The van der Waals surface area contributed by atoms with Gasteiger partial charge >= 0.3 is 0 Å². The molecule has 2 aliphatic heterocycles. The molecule has 0 spiro atoms. The molecule has 0 bridgehead atoms. The van der Waals surface area contributed by atoms with Gasteiger partial charge in [-0.25, -0.2) is 0 Å². The highest BCUT2D eigenvalue weighted by molar-refractivity contribution is 8.26. The van der Waals surface area contributed by atoms with E-state index in [1.165, 1.54) is 9.80 Å². The van der Waals surface area contributed by atoms with E-state index in [1.807, 2.05) is 48.5 Å². The molecule has 1 saturated heterocycles. The van der Waals surface area contributed by atoms with Crippen molar-refractivity contribution < 1.29 is 14.4 Å². The Kier molecular flexibility index (Phi) is 7.41. The normalized spacial score (nSPS) is 16.9. The van der Waals surface area contributed by atoms with Crippen LogP contribution in [-0.2, 0) is 27.3 Å². The molecule has 0 unspecified atom stereocenters. The Morgan fingerprint density at radius 3 is 2.38 bits per heavy atom. The zero-order valence-electron chi connectivity index (χ0n) is 19.6. The summed E-state index contributed by atoms with van der Waals surface area (Å²) in [6.45, 7) is 0.526. The summed E-state index contributed by atoms with van der Waals surface area (Å²) in [6, 6.07) is 24.3. The van der Waals surface area contributed by atoms with E-state index in [4.69, 9.17) is 23.8 Å². The number of fused-ring (bicyclic) bond motifs is 1. The zero-order valence-corrected chi connectivity index (χ0v) is 22.0. The SMILES string of the molecule is O=C(CN1C(=O)C(=C2SC(=S)N(Cc3ccccc3Cl)C2=O)c2ccccc21)NCCc1ccccc1. The van der Waals surface area contributed by atoms with Crippen molar-refractivity contribution in [1.82, 2.24) is 10.2 Å². The van der Waals surface area contributed by atoms with Gasteiger partial charge in [0.2, 0.25) is 5.91 Å². The minimum Gasteiger partial charge on any atom is -0.354 e. The van der Waals surface area contributed by atoms with E-state index in [0.717, 1.165) is 22.9 Å². The van der Waals surface area contributed by atoms with E-state index in [1.54, 1.807) is 30.3 Å². The third kappa shape index (κ3) is 5.18. The number of thiocarbonyl (C=S) groups is 1. The van der Waals surface area contributed by atoms with Gasteiger partial charge in [-0.15, -0.1) is 0 Å². The van der Waals surface area contributed by atoms with Crippen LogP contribution in [0.3, 0.4) is 0 Å². The minimum atomic E-state index is -0.391. The molecule has 3 aromatic carbocycles. The molecule has 0 radical (unpaired) electrons. The van der Waals surface area contributed by atoms with Crippen LogP contribution in [0.4, 0.5) is 5.69 Å². The third-order valence-corrected chi connectivity index (χ3v) is 7.98. The molecule has 3 aromatic rings. The molecule has 6 nitrogen and oxygen atoms in total. The number of benzene rings is 3. The quantitative estimate of drug-likeness (QED) is 0.339. The number of halogens is 1. The molecule has 0 atom stereocenters. The standard InChI is InChI=1S/C28H22ClN3O3S2/c29-21-12-6-4-10-19(21)16-32-27(35)25(37-28(32)36)24-20-11-5-7-13-22(20)31(26(24)34)17-23(33)30-15-14-18-8-2-1-3-9-18/h1-13H,14-17H2,(H,30,33). The maximum Gasteiger partial charge on any atom is 0.267 e. The predicted octanol–water partition coefficient (Wildman–Crippen LogP) is 4.82. The monoisotopic (exact) mass is 547 g/mol. The number of rotatable bonds is 7. The van der Waals surface area contributed by atoms with Gasteiger partial charge in [0, 0.05) is 17.1 Å². The first-order chi connectivity index (χ1) is 17.9. The average Bonchev–Trinajstić information content (AvgIpc) is 3.33. The number of amides is 3. The summed E-state index contributed by atoms with van der Waals surface area (Å²) in [4.78, 5) is 42.9. The Balaban J connectivity index is 1.35. The van der Waals surface area contributed by atoms with Crippen LogP contribution in [0.25, 0.3) is 5.57 Å². The highest BCUT2D eigenvalue weighted by Crippen LogP contribution is 2.44. The van der Waals surface area contributed by atoms with E-state index in [0.29, 0.717) is 33.6 Å². The molecule has 9 heteroatoms. The average molecular weight is 548 g/mol. The molecule has 0 saturated carbocycles. The Hall–Kier alpha value is -3.46. The zero-order chi connectivity index (χ0) is 25.9. The summed E-state index contributed by atoms with van der Waals surface area (Å²) in [7, 11) is 0. The minimum absolute atomic E-state index is 0.145. The van der Waals surface area contributed by atoms with Crippen LogP contribution in [0.1, 0.15) is 16.7 Å². The lowest BCUT2D eigenvalue weighted by molar-refractivity contribution is -0.122. The van der Waals surface area contributed by atoms with Gasteiger partial charge < -0.3 is 5.32 Å². The summed E-state index contributed by atoms with van der Waals surface area (Å²) in [5.41, 5.74) is 3.36. The molecule has 2 heterocycles. The maximum atomic E-state index is 13.6. The number of hydrogen-bond donors (Lipinski definition) is 1. The lowest BCUT2D eigenvalue weighted by atomic mass is 10.1. The second kappa shape index (κ2) is 10.9. The largest absolute Gasteiger partial charge is 0.354 e. The molecule has 37 heavy (non-hydrogen) atoms. The molecular formula is C28H22ClN3O3S2. The first-order valence-corrected chi connectivity index (χ1v) is 13.3. The van der Waals surface area contributed by atoms with Gasteiger partial charge in [-0.05, 0) is 29.7 Å². The van der Waals surface area contributed by atoms with Crippen LogP contribution in [0.2, 0.25) is 5.02 Å². The van der Waals surface area contributed by atoms with Crippen molar-refractivity contribution in [3.05, 3.63) is 105 Å². The summed E-state index contributed by atoms with van der Waals surface area (Å²) in [5, 5.41) is 3.42. The van der Waals surface area contributed by atoms with Crippen LogP contribution < -0.4 is 10.2 Å². The number of carbonyl (C=O) groups is 3. The summed E-state index contributed by atoms with van der Waals surface area (Å²) in [6.07, 6.45) is 0.691. The van der Waals surface area contributed by atoms with E-state index in [2.05, 4.69) is 5.32 Å². The van der Waals surface area contributed by atoms with Gasteiger partial charge in [-0.1, -0.05) is 102 Å². The lowest BCUT2D eigenvalue weighted by Gasteiger charge is -2.17. The van der Waals surface area contributed by atoms with E-state index >= 15 is 0 Å². The van der Waals surface area contributed by atoms with Crippen LogP contribution >= 0.6 is 35.6 Å². The number of para-hydroxylation sites is 1. The number of nitrogens with zero attached hydrogens (tertiary/aromatic N) is 2. The van der Waals surface area contributed by atoms with Crippen LogP contribution in [0.15, 0.2) is 83.8 Å². The highest BCUT2D eigenvalue weighted by Gasteiger charge is 2.42. The van der Waals surface area contributed by atoms with Crippen LogP contribution in [-0.4, -0.2) is 40.0 Å². The fourth-order valence-corrected chi connectivity index (χ4v) is 5.85. The smallest absolute Gasteiger partial charge is 0.267 e. The molecule has 0 aromatic heterocycles. The molecular weight excluding hydrogens is 526 g/mol. The Morgan fingerprint density at radius 1 is 0.892 bits per heavy atom. The Labute approximate surface area is 229 Å². The summed E-state index contributed by atoms with van der Waals surface area (Å²) < 4.78 is 0.356. The highest BCUT2D eigenvalue weighted by atomic mass is 35.5. The first kappa shape index (κ1) is 25.2. The van der Waals surface area contributed by atoms with Gasteiger partial charge in [0.05, 0.1) is 22.7 Å². The van der Waals surface area contributed by atoms with Gasteiger partial charge in [0.25, 0.3) is 11.8 Å². The number of nitrogens with one attached hydrogen (secondary N) is 1. The predicted molar refractivity (Wildman–Crippen MR) is 151 cm³/mol. The van der Waals surface area contributed by atoms with Crippen molar-refractivity contribution in [2.45, 2.75) is 13.0 Å². The lowest BCUT2D eigenvalue weighted by Crippen LogP contribution is -2.39. The fourth-order valence-electron chi connectivity index (χ4n) is 4.33. The second-order valence-electron chi connectivity index (χ2n) is 8.55. The maximum absolute atomic E-state index is 13.6. The molecule has 1 N–H and O–H groups in total. The third-order valence-electron chi connectivity index (χ3n) is 6.17. The van der Waals surface area contributed by atoms with Gasteiger partial charge in [0.15, 0.2) is 0 Å². The van der Waals surface area contributed by atoms with Crippen molar-refractivity contribution in [2.75, 3.05) is 18.0 Å². The molecule has 1 fully saturated rings. The number of carbonyl (C=O) groups excluding carboxylic acids is 3. The topological polar surface area (TPSA) is 69.7 Å². The molecule has 5 rings (SSSR count). The summed E-state index contributed by atoms with van der Waals surface area (Å²) in [5.74, 6) is -1.01. The molecule has 2 aliphatic rings. The van der Waals surface area contributed by atoms with Crippen molar-refractivity contribution in [1.29, 1.82) is 0 Å². The molecule has 186 valence electrons. The van der Waals surface area contributed by atoms with E-state index in [-0.39, 0.29) is 35.4 Å². The number of anilines is 1. The van der Waals surface area contributed by atoms with Crippen molar-refractivity contribution >= 4 is 68.9 Å². The van der Waals surface area contributed by atoms with Gasteiger partial charge in [-0.3, -0.25) is 24.2 Å². The van der Waals surface area contributed by atoms with Gasteiger partial charge in [0.1, 0.15) is 10.9 Å². The first-order valence-electron chi connectivity index (χ1n) is 11.7. The summed E-state index contributed by atoms with van der Waals surface area (Å²) >= 11 is 12.9. The van der Waals surface area contributed by atoms with Crippen molar-refractivity contribution in [3.8, 4) is 0 Å². The van der Waals surface area contributed by atoms with Crippen LogP contribution in [0, 0.1) is 0 Å². The Morgan fingerprint density at radius 2 is 1.59 bits per heavy atom. The van der Waals surface area contributed by atoms with Crippen molar-refractivity contribution in [2.24, 2.45) is 0 Å². The molecule has 0 aliphatic carbocycles. The van der Waals surface area contributed by atoms with E-state index < -0.39 is 5.91 Å². The fraction of sp³-hybridized carbons (Fsp3) is 0.143. The number of thioether (sulfide) groups is 1. The number of hydrogen-bond acceptors (Lipinski definition) is 5. The van der Waals surface area contributed by atoms with E-state index in [9.17, 15) is 14.4 Å². The van der Waals surface area contributed by atoms with Gasteiger partial charge in [-0.2, -0.15) is 0 Å². The second-order valence-corrected chi connectivity index (χ2v) is 10.6. The van der Waals surface area contributed by atoms with Crippen LogP contribution in [0.5, 0.6) is 0 Å². The Bertz CT molecular complexity index is 1440. The molecule has 3 amide bonds.